The second-order valence-corrected chi connectivity index (χ2v) is 4.82. The maximum atomic E-state index is 11.8. The first kappa shape index (κ1) is 11.0. The SMILES string of the molecule is O=C(CCC1CC1)c1c(Cl)cccc1Cl. The quantitative estimate of drug-likeness (QED) is 0.717. The van der Waals surface area contributed by atoms with Gasteiger partial charge in [-0.15, -0.1) is 0 Å². The fourth-order valence-corrected chi connectivity index (χ4v) is 2.24. The number of carbonyl (C=O) groups excluding carboxylic acids is 1. The summed E-state index contributed by atoms with van der Waals surface area (Å²) in [6.45, 7) is 0. The lowest BCUT2D eigenvalue weighted by atomic mass is 10.0. The molecule has 0 N–H and O–H groups in total. The summed E-state index contributed by atoms with van der Waals surface area (Å²) in [5.74, 6) is 0.827. The van der Waals surface area contributed by atoms with Crippen molar-refractivity contribution in [1.29, 1.82) is 0 Å². The van der Waals surface area contributed by atoms with E-state index in [-0.39, 0.29) is 5.78 Å². The van der Waals surface area contributed by atoms with Gasteiger partial charge < -0.3 is 0 Å². The fraction of sp³-hybridized carbons (Fsp3) is 0.417. The van der Waals surface area contributed by atoms with Gasteiger partial charge in [0.2, 0.25) is 0 Å². The van der Waals surface area contributed by atoms with Gasteiger partial charge in [0, 0.05) is 6.42 Å². The topological polar surface area (TPSA) is 17.1 Å². The molecule has 0 unspecified atom stereocenters. The monoisotopic (exact) mass is 242 g/mol. The largest absolute Gasteiger partial charge is 0.294 e. The Balaban J connectivity index is 2.09. The Morgan fingerprint density at radius 3 is 2.40 bits per heavy atom. The van der Waals surface area contributed by atoms with Crippen molar-refractivity contribution < 1.29 is 4.79 Å². The lowest BCUT2D eigenvalue weighted by molar-refractivity contribution is 0.0978. The second-order valence-electron chi connectivity index (χ2n) is 4.00. The Labute approximate surface area is 99.4 Å². The third kappa shape index (κ3) is 2.73. The highest BCUT2D eigenvalue weighted by Gasteiger charge is 2.23. The molecule has 1 aromatic rings. The van der Waals surface area contributed by atoms with E-state index in [1.165, 1.54) is 12.8 Å². The second kappa shape index (κ2) is 4.54. The van der Waals surface area contributed by atoms with E-state index in [0.717, 1.165) is 12.3 Å². The van der Waals surface area contributed by atoms with Crippen molar-refractivity contribution in [3.05, 3.63) is 33.8 Å². The van der Waals surface area contributed by atoms with Gasteiger partial charge in [-0.2, -0.15) is 0 Å². The highest BCUT2D eigenvalue weighted by Crippen LogP contribution is 2.35. The van der Waals surface area contributed by atoms with Crippen LogP contribution in [-0.4, -0.2) is 5.78 Å². The summed E-state index contributed by atoms with van der Waals surface area (Å²) in [4.78, 5) is 11.8. The number of benzene rings is 1. The van der Waals surface area contributed by atoms with Gasteiger partial charge in [0.05, 0.1) is 15.6 Å². The van der Waals surface area contributed by atoms with Crippen molar-refractivity contribution in [2.45, 2.75) is 25.7 Å². The molecule has 15 heavy (non-hydrogen) atoms. The molecule has 3 heteroatoms. The zero-order valence-corrected chi connectivity index (χ0v) is 9.81. The molecule has 0 heterocycles. The average molecular weight is 243 g/mol. The molecule has 0 bridgehead atoms. The summed E-state index contributed by atoms with van der Waals surface area (Å²) >= 11 is 11.9. The van der Waals surface area contributed by atoms with Gasteiger partial charge >= 0.3 is 0 Å². The first-order valence-corrected chi connectivity index (χ1v) is 5.91. The highest BCUT2D eigenvalue weighted by atomic mass is 35.5. The van der Waals surface area contributed by atoms with E-state index in [1.807, 2.05) is 0 Å². The van der Waals surface area contributed by atoms with Crippen LogP contribution in [0.25, 0.3) is 0 Å². The van der Waals surface area contributed by atoms with Crippen LogP contribution >= 0.6 is 23.2 Å². The standard InChI is InChI=1S/C12H12Cl2O/c13-9-2-1-3-10(14)12(9)11(15)7-6-8-4-5-8/h1-3,8H,4-7H2. The number of ketones is 1. The van der Waals surface area contributed by atoms with Crippen LogP contribution in [0.5, 0.6) is 0 Å². The highest BCUT2D eigenvalue weighted by molar-refractivity contribution is 6.39. The molecule has 0 amide bonds. The maximum absolute atomic E-state index is 11.8. The van der Waals surface area contributed by atoms with Crippen LogP contribution in [0.15, 0.2) is 18.2 Å². The number of Topliss-reactive ketones (excluding diaryl/α,β-unsaturated/α-hetero) is 1. The minimum absolute atomic E-state index is 0.0671. The first-order valence-electron chi connectivity index (χ1n) is 5.15. The van der Waals surface area contributed by atoms with Crippen LogP contribution in [0.1, 0.15) is 36.0 Å². The summed E-state index contributed by atoms with van der Waals surface area (Å²) in [5.41, 5.74) is 0.487. The van der Waals surface area contributed by atoms with Crippen LogP contribution < -0.4 is 0 Å². The molecule has 0 spiro atoms. The average Bonchev–Trinajstić information content (AvgIpc) is 2.97. The lowest BCUT2D eigenvalue weighted by Gasteiger charge is -2.05. The van der Waals surface area contributed by atoms with E-state index in [0.29, 0.717) is 22.0 Å². The molecule has 0 saturated heterocycles. The van der Waals surface area contributed by atoms with Crippen LogP contribution in [-0.2, 0) is 0 Å². The molecular formula is C12H12Cl2O. The maximum Gasteiger partial charge on any atom is 0.165 e. The Bertz CT molecular complexity index is 363. The summed E-state index contributed by atoms with van der Waals surface area (Å²) < 4.78 is 0. The summed E-state index contributed by atoms with van der Waals surface area (Å²) in [5, 5.41) is 0.923. The molecular weight excluding hydrogens is 231 g/mol. The fourth-order valence-electron chi connectivity index (χ4n) is 1.63. The molecule has 1 aliphatic rings. The van der Waals surface area contributed by atoms with Crippen molar-refractivity contribution in [3.8, 4) is 0 Å². The first-order chi connectivity index (χ1) is 7.18. The van der Waals surface area contributed by atoms with Gasteiger partial charge in [-0.25, -0.2) is 0 Å². The number of hydrogen-bond acceptors (Lipinski definition) is 1. The molecule has 80 valence electrons. The zero-order valence-electron chi connectivity index (χ0n) is 8.30. The van der Waals surface area contributed by atoms with E-state index in [1.54, 1.807) is 18.2 Å². The van der Waals surface area contributed by atoms with Crippen molar-refractivity contribution in [2.75, 3.05) is 0 Å². The van der Waals surface area contributed by atoms with E-state index in [4.69, 9.17) is 23.2 Å². The third-order valence-electron chi connectivity index (χ3n) is 2.72. The molecule has 0 atom stereocenters. The molecule has 0 aliphatic heterocycles. The van der Waals surface area contributed by atoms with E-state index in [9.17, 15) is 4.79 Å². The van der Waals surface area contributed by atoms with Crippen LogP contribution in [0.2, 0.25) is 10.0 Å². The van der Waals surface area contributed by atoms with Crippen LogP contribution in [0.4, 0.5) is 0 Å². The smallest absolute Gasteiger partial charge is 0.165 e. The molecule has 1 fully saturated rings. The summed E-state index contributed by atoms with van der Waals surface area (Å²) in [7, 11) is 0. The normalized spacial score (nSPS) is 15.3. The predicted molar refractivity (Wildman–Crippen MR) is 62.8 cm³/mol. The summed E-state index contributed by atoms with van der Waals surface area (Å²) in [6.07, 6.45) is 4.07. The van der Waals surface area contributed by atoms with Crippen molar-refractivity contribution in [3.63, 3.8) is 0 Å². The molecule has 2 rings (SSSR count). The number of carbonyl (C=O) groups is 1. The molecule has 1 aromatic carbocycles. The predicted octanol–water partition coefficient (Wildman–Crippen LogP) is 4.37. The molecule has 1 nitrogen and oxygen atoms in total. The van der Waals surface area contributed by atoms with Crippen molar-refractivity contribution in [2.24, 2.45) is 5.92 Å². The lowest BCUT2D eigenvalue weighted by Crippen LogP contribution is -2.01. The van der Waals surface area contributed by atoms with Crippen molar-refractivity contribution >= 4 is 29.0 Å². The van der Waals surface area contributed by atoms with Gasteiger partial charge in [0.1, 0.15) is 0 Å². The minimum atomic E-state index is 0.0671. The van der Waals surface area contributed by atoms with E-state index >= 15 is 0 Å². The van der Waals surface area contributed by atoms with Gasteiger partial charge in [0.15, 0.2) is 5.78 Å². The third-order valence-corrected chi connectivity index (χ3v) is 3.35. The van der Waals surface area contributed by atoms with Crippen LogP contribution in [0, 0.1) is 5.92 Å². The number of halogens is 2. The Kier molecular flexibility index (Phi) is 3.32. The molecule has 0 radical (unpaired) electrons. The number of hydrogen-bond donors (Lipinski definition) is 0. The zero-order chi connectivity index (χ0) is 10.8. The van der Waals surface area contributed by atoms with E-state index < -0.39 is 0 Å². The minimum Gasteiger partial charge on any atom is -0.294 e. The van der Waals surface area contributed by atoms with Gasteiger partial charge in [0.25, 0.3) is 0 Å². The van der Waals surface area contributed by atoms with E-state index in [2.05, 4.69) is 0 Å². The van der Waals surface area contributed by atoms with Crippen LogP contribution in [0.3, 0.4) is 0 Å². The molecule has 0 aromatic heterocycles. The Morgan fingerprint density at radius 1 is 1.27 bits per heavy atom. The summed E-state index contributed by atoms with van der Waals surface area (Å²) in [6, 6.07) is 5.16. The Morgan fingerprint density at radius 2 is 1.87 bits per heavy atom. The molecule has 1 aliphatic carbocycles. The Hall–Kier alpha value is -0.530. The van der Waals surface area contributed by atoms with Gasteiger partial charge in [-0.1, -0.05) is 42.1 Å². The van der Waals surface area contributed by atoms with Gasteiger partial charge in [-0.3, -0.25) is 4.79 Å². The van der Waals surface area contributed by atoms with Crippen molar-refractivity contribution in [1.82, 2.24) is 0 Å². The molecule has 1 saturated carbocycles. The van der Waals surface area contributed by atoms with Gasteiger partial charge in [-0.05, 0) is 24.5 Å². The number of rotatable bonds is 4.